The molecule has 0 saturated carbocycles. The Balaban J connectivity index is 1.85. The molecular formula is C16H21N3O. The smallest absolute Gasteiger partial charge is 0.123 e. The van der Waals surface area contributed by atoms with Gasteiger partial charge in [0.25, 0.3) is 0 Å². The summed E-state index contributed by atoms with van der Waals surface area (Å²) in [5, 5.41) is 4.23. The van der Waals surface area contributed by atoms with Gasteiger partial charge in [-0.15, -0.1) is 0 Å². The first kappa shape index (κ1) is 13.2. The quantitative estimate of drug-likeness (QED) is 0.925. The molecule has 20 heavy (non-hydrogen) atoms. The third kappa shape index (κ3) is 2.31. The lowest BCUT2D eigenvalue weighted by molar-refractivity contribution is 0.208. The molecule has 0 radical (unpaired) electrons. The molecule has 0 amide bonds. The summed E-state index contributed by atoms with van der Waals surface area (Å²) in [6.45, 7) is 1.41. The van der Waals surface area contributed by atoms with Gasteiger partial charge in [0.05, 0.1) is 12.8 Å². The second-order valence-corrected chi connectivity index (χ2v) is 5.60. The van der Waals surface area contributed by atoms with Crippen molar-refractivity contribution in [1.29, 1.82) is 0 Å². The van der Waals surface area contributed by atoms with Crippen molar-refractivity contribution in [2.75, 3.05) is 13.2 Å². The van der Waals surface area contributed by atoms with E-state index in [9.17, 15) is 0 Å². The van der Waals surface area contributed by atoms with Crippen LogP contribution in [-0.4, -0.2) is 22.9 Å². The van der Waals surface area contributed by atoms with E-state index in [2.05, 4.69) is 23.4 Å². The van der Waals surface area contributed by atoms with E-state index in [4.69, 9.17) is 10.5 Å². The number of aromatic nitrogens is 2. The molecule has 0 fully saturated rings. The molecule has 0 aliphatic carbocycles. The number of para-hydroxylation sites is 1. The first-order chi connectivity index (χ1) is 9.73. The second-order valence-electron chi connectivity index (χ2n) is 5.60. The van der Waals surface area contributed by atoms with Crippen LogP contribution < -0.4 is 10.5 Å². The minimum absolute atomic E-state index is 0.0324. The number of nitrogens with zero attached hydrogens (tertiary/aromatic N) is 2. The molecular weight excluding hydrogens is 250 g/mol. The van der Waals surface area contributed by atoms with Crippen LogP contribution in [0.5, 0.6) is 5.75 Å². The van der Waals surface area contributed by atoms with Gasteiger partial charge in [0.2, 0.25) is 0 Å². The van der Waals surface area contributed by atoms with E-state index in [0.717, 1.165) is 31.6 Å². The summed E-state index contributed by atoms with van der Waals surface area (Å²) >= 11 is 0. The molecule has 3 rings (SSSR count). The van der Waals surface area contributed by atoms with Crippen molar-refractivity contribution >= 4 is 0 Å². The highest BCUT2D eigenvalue weighted by atomic mass is 16.5. The van der Waals surface area contributed by atoms with Crippen LogP contribution in [0, 0.1) is 0 Å². The Hall–Kier alpha value is -1.81. The van der Waals surface area contributed by atoms with Gasteiger partial charge >= 0.3 is 0 Å². The maximum Gasteiger partial charge on any atom is 0.123 e. The molecule has 1 atom stereocenters. The van der Waals surface area contributed by atoms with E-state index in [-0.39, 0.29) is 5.41 Å². The number of ether oxygens (including phenoxy) is 1. The van der Waals surface area contributed by atoms with Crippen molar-refractivity contribution in [2.24, 2.45) is 12.8 Å². The zero-order valence-corrected chi connectivity index (χ0v) is 11.9. The van der Waals surface area contributed by atoms with Crippen LogP contribution in [-0.2, 0) is 18.9 Å². The van der Waals surface area contributed by atoms with Crippen molar-refractivity contribution in [1.82, 2.24) is 9.78 Å². The Morgan fingerprint density at radius 3 is 3.00 bits per heavy atom. The van der Waals surface area contributed by atoms with Gasteiger partial charge in [0.15, 0.2) is 0 Å². The number of hydrogen-bond donors (Lipinski definition) is 1. The third-order valence-corrected chi connectivity index (χ3v) is 4.34. The minimum atomic E-state index is 0.0324. The highest BCUT2D eigenvalue weighted by molar-refractivity contribution is 5.42. The topological polar surface area (TPSA) is 53.1 Å². The number of benzene rings is 1. The SMILES string of the molecule is Cn1cc(CCC2(CN)CCOc3ccccc32)cn1. The van der Waals surface area contributed by atoms with Crippen LogP contribution in [0.25, 0.3) is 0 Å². The van der Waals surface area contributed by atoms with Crippen LogP contribution in [0.3, 0.4) is 0 Å². The average Bonchev–Trinajstić information content (AvgIpc) is 2.91. The third-order valence-electron chi connectivity index (χ3n) is 4.34. The minimum Gasteiger partial charge on any atom is -0.493 e. The molecule has 4 heteroatoms. The predicted molar refractivity (Wildman–Crippen MR) is 78.8 cm³/mol. The molecule has 1 aliphatic heterocycles. The maximum atomic E-state index is 6.15. The van der Waals surface area contributed by atoms with Crippen LogP contribution in [0.1, 0.15) is 24.0 Å². The molecule has 106 valence electrons. The molecule has 4 nitrogen and oxygen atoms in total. The molecule has 1 aromatic carbocycles. The normalized spacial score (nSPS) is 21.3. The van der Waals surface area contributed by atoms with Crippen molar-refractivity contribution < 1.29 is 4.74 Å². The summed E-state index contributed by atoms with van der Waals surface area (Å²) in [5.74, 6) is 0.996. The second kappa shape index (κ2) is 5.29. The van der Waals surface area contributed by atoms with Gasteiger partial charge in [-0.05, 0) is 30.9 Å². The summed E-state index contributed by atoms with van der Waals surface area (Å²) in [6, 6.07) is 8.29. The molecule has 0 saturated heterocycles. The zero-order valence-electron chi connectivity index (χ0n) is 11.9. The van der Waals surface area contributed by atoms with E-state index in [0.29, 0.717) is 6.54 Å². The molecule has 1 aromatic heterocycles. The first-order valence-corrected chi connectivity index (χ1v) is 7.13. The molecule has 1 aliphatic rings. The summed E-state index contributed by atoms with van der Waals surface area (Å²) < 4.78 is 7.61. The van der Waals surface area contributed by atoms with E-state index < -0.39 is 0 Å². The average molecular weight is 271 g/mol. The molecule has 0 spiro atoms. The van der Waals surface area contributed by atoms with Crippen LogP contribution >= 0.6 is 0 Å². The highest BCUT2D eigenvalue weighted by Crippen LogP contribution is 2.41. The highest BCUT2D eigenvalue weighted by Gasteiger charge is 2.36. The molecule has 0 bridgehead atoms. The lowest BCUT2D eigenvalue weighted by Gasteiger charge is -2.38. The Kier molecular flexibility index (Phi) is 3.49. The van der Waals surface area contributed by atoms with Gasteiger partial charge in [-0.25, -0.2) is 0 Å². The van der Waals surface area contributed by atoms with E-state index in [1.165, 1.54) is 11.1 Å². The van der Waals surface area contributed by atoms with Gasteiger partial charge in [0, 0.05) is 30.8 Å². The Morgan fingerprint density at radius 1 is 1.40 bits per heavy atom. The molecule has 2 heterocycles. The van der Waals surface area contributed by atoms with Gasteiger partial charge in [-0.2, -0.15) is 5.10 Å². The zero-order chi connectivity index (χ0) is 14.0. The predicted octanol–water partition coefficient (Wildman–Crippen LogP) is 2.03. The summed E-state index contributed by atoms with van der Waals surface area (Å²) in [6.07, 6.45) is 7.04. The number of nitrogens with two attached hydrogens (primary N) is 1. The summed E-state index contributed by atoms with van der Waals surface area (Å²) in [4.78, 5) is 0. The lowest BCUT2D eigenvalue weighted by Crippen LogP contribution is -2.40. The van der Waals surface area contributed by atoms with E-state index in [1.807, 2.05) is 30.1 Å². The fraction of sp³-hybridized carbons (Fsp3) is 0.438. The number of hydrogen-bond acceptors (Lipinski definition) is 3. The number of aryl methyl sites for hydroxylation is 2. The van der Waals surface area contributed by atoms with Crippen molar-refractivity contribution in [3.05, 3.63) is 47.8 Å². The van der Waals surface area contributed by atoms with Crippen LogP contribution in [0.4, 0.5) is 0 Å². The number of fused-ring (bicyclic) bond motifs is 1. The van der Waals surface area contributed by atoms with Gasteiger partial charge in [-0.1, -0.05) is 18.2 Å². The molecule has 2 N–H and O–H groups in total. The van der Waals surface area contributed by atoms with Crippen LogP contribution in [0.2, 0.25) is 0 Å². The fourth-order valence-corrected chi connectivity index (χ4v) is 3.08. The van der Waals surface area contributed by atoms with Gasteiger partial charge in [0.1, 0.15) is 5.75 Å². The van der Waals surface area contributed by atoms with Crippen molar-refractivity contribution in [2.45, 2.75) is 24.7 Å². The molecule has 1 unspecified atom stereocenters. The lowest BCUT2D eigenvalue weighted by atomic mass is 9.72. The van der Waals surface area contributed by atoms with E-state index in [1.54, 1.807) is 0 Å². The Bertz CT molecular complexity index is 593. The molecule has 2 aromatic rings. The first-order valence-electron chi connectivity index (χ1n) is 7.13. The largest absolute Gasteiger partial charge is 0.493 e. The number of rotatable bonds is 4. The van der Waals surface area contributed by atoms with Gasteiger partial charge in [-0.3, -0.25) is 4.68 Å². The van der Waals surface area contributed by atoms with Crippen molar-refractivity contribution in [3.63, 3.8) is 0 Å². The Labute approximate surface area is 119 Å². The monoisotopic (exact) mass is 271 g/mol. The van der Waals surface area contributed by atoms with Crippen LogP contribution in [0.15, 0.2) is 36.7 Å². The Morgan fingerprint density at radius 2 is 2.25 bits per heavy atom. The van der Waals surface area contributed by atoms with E-state index >= 15 is 0 Å². The standard InChI is InChI=1S/C16H21N3O/c1-19-11-13(10-18-19)6-7-16(12-17)8-9-20-15-5-3-2-4-14(15)16/h2-5,10-11H,6-9,12,17H2,1H3. The van der Waals surface area contributed by atoms with Gasteiger partial charge < -0.3 is 10.5 Å². The van der Waals surface area contributed by atoms with Crippen molar-refractivity contribution in [3.8, 4) is 5.75 Å². The summed E-state index contributed by atoms with van der Waals surface area (Å²) in [5.41, 5.74) is 8.71. The summed E-state index contributed by atoms with van der Waals surface area (Å²) in [7, 11) is 1.95. The fourth-order valence-electron chi connectivity index (χ4n) is 3.08. The maximum absolute atomic E-state index is 6.15.